The van der Waals surface area contributed by atoms with E-state index in [1.807, 2.05) is 0 Å². The Labute approximate surface area is 110 Å². The molecule has 2 saturated heterocycles. The minimum absolute atomic E-state index is 0.312. The second-order valence-corrected chi connectivity index (χ2v) is 5.90. The van der Waals surface area contributed by atoms with Gasteiger partial charge in [-0.3, -0.25) is 4.90 Å². The van der Waals surface area contributed by atoms with Gasteiger partial charge in [-0.05, 0) is 18.9 Å². The highest BCUT2D eigenvalue weighted by atomic mass is 15.2. The molecule has 0 saturated carbocycles. The van der Waals surface area contributed by atoms with E-state index >= 15 is 0 Å². The molecule has 2 atom stereocenters. The van der Waals surface area contributed by atoms with Crippen molar-refractivity contribution in [3.8, 4) is 0 Å². The fourth-order valence-corrected chi connectivity index (χ4v) is 3.35. The van der Waals surface area contributed by atoms with Gasteiger partial charge in [-0.15, -0.1) is 0 Å². The van der Waals surface area contributed by atoms with E-state index in [0.29, 0.717) is 11.6 Å². The Morgan fingerprint density at radius 1 is 1.33 bits per heavy atom. The topological polar surface area (TPSA) is 27.3 Å². The molecule has 2 aliphatic heterocycles. The lowest BCUT2D eigenvalue weighted by Gasteiger charge is -2.39. The summed E-state index contributed by atoms with van der Waals surface area (Å²) in [4.78, 5) is 2.57. The lowest BCUT2D eigenvalue weighted by atomic mass is 9.94. The van der Waals surface area contributed by atoms with Gasteiger partial charge in [0.1, 0.15) is 0 Å². The summed E-state index contributed by atoms with van der Waals surface area (Å²) in [6.45, 7) is 7.94. The minimum atomic E-state index is 0.312. The molecule has 2 unspecified atom stereocenters. The highest BCUT2D eigenvalue weighted by molar-refractivity contribution is 5.15. The first-order chi connectivity index (χ1) is 8.76. The van der Waals surface area contributed by atoms with Crippen LogP contribution in [-0.2, 0) is 6.54 Å². The van der Waals surface area contributed by atoms with Crippen LogP contribution in [0.5, 0.6) is 0 Å². The zero-order valence-electron chi connectivity index (χ0n) is 11.2. The molecule has 18 heavy (non-hydrogen) atoms. The Hall–Kier alpha value is -0.900. The molecule has 0 radical (unpaired) electrons. The molecule has 1 aromatic rings. The molecule has 1 spiro atoms. The van der Waals surface area contributed by atoms with Gasteiger partial charge in [0, 0.05) is 44.3 Å². The molecule has 1 aromatic carbocycles. The summed E-state index contributed by atoms with van der Waals surface area (Å²) >= 11 is 0. The number of likely N-dealkylation sites (tertiary alicyclic amines) is 1. The lowest BCUT2D eigenvalue weighted by Crippen LogP contribution is -2.64. The Morgan fingerprint density at radius 2 is 2.17 bits per heavy atom. The molecule has 0 aromatic heterocycles. The lowest BCUT2D eigenvalue weighted by molar-refractivity contribution is 0.219. The number of nitrogens with zero attached hydrogens (tertiary/aromatic N) is 1. The van der Waals surface area contributed by atoms with E-state index in [9.17, 15) is 0 Å². The van der Waals surface area contributed by atoms with E-state index in [2.05, 4.69) is 52.8 Å². The van der Waals surface area contributed by atoms with Gasteiger partial charge in [0.05, 0.1) is 0 Å². The summed E-state index contributed by atoms with van der Waals surface area (Å²) in [6, 6.07) is 11.4. The van der Waals surface area contributed by atoms with Gasteiger partial charge >= 0.3 is 0 Å². The normalized spacial score (nSPS) is 33.1. The maximum atomic E-state index is 3.80. The molecule has 3 heteroatoms. The summed E-state index contributed by atoms with van der Waals surface area (Å²) < 4.78 is 0. The maximum Gasteiger partial charge on any atom is 0.0449 e. The molecule has 2 heterocycles. The zero-order chi connectivity index (χ0) is 12.4. The number of rotatable bonds is 2. The average Bonchev–Trinajstić information content (AvgIpc) is 2.73. The largest absolute Gasteiger partial charge is 0.313 e. The molecular formula is C15H23N3. The SMILES string of the molecule is CC1CNCC2(CCN(Cc3ccccc3)C2)N1. The van der Waals surface area contributed by atoms with Crippen molar-refractivity contribution in [2.75, 3.05) is 26.2 Å². The summed E-state index contributed by atoms with van der Waals surface area (Å²) in [6.07, 6.45) is 1.26. The highest BCUT2D eigenvalue weighted by Crippen LogP contribution is 2.24. The van der Waals surface area contributed by atoms with Crippen molar-refractivity contribution in [1.82, 2.24) is 15.5 Å². The number of benzene rings is 1. The van der Waals surface area contributed by atoms with Crippen LogP contribution >= 0.6 is 0 Å². The fraction of sp³-hybridized carbons (Fsp3) is 0.600. The van der Waals surface area contributed by atoms with Crippen LogP contribution in [-0.4, -0.2) is 42.7 Å². The van der Waals surface area contributed by atoms with E-state index in [-0.39, 0.29) is 0 Å². The highest BCUT2D eigenvalue weighted by Gasteiger charge is 2.40. The fourth-order valence-electron chi connectivity index (χ4n) is 3.35. The van der Waals surface area contributed by atoms with Gasteiger partial charge in [0.2, 0.25) is 0 Å². The van der Waals surface area contributed by atoms with Crippen molar-refractivity contribution in [1.29, 1.82) is 0 Å². The molecule has 0 aliphatic carbocycles. The third-order valence-electron chi connectivity index (χ3n) is 4.15. The van der Waals surface area contributed by atoms with Crippen molar-refractivity contribution >= 4 is 0 Å². The first-order valence-corrected chi connectivity index (χ1v) is 7.00. The van der Waals surface area contributed by atoms with Crippen LogP contribution in [0, 0.1) is 0 Å². The van der Waals surface area contributed by atoms with Crippen LogP contribution in [0.2, 0.25) is 0 Å². The zero-order valence-corrected chi connectivity index (χ0v) is 11.2. The van der Waals surface area contributed by atoms with Crippen molar-refractivity contribution in [3.05, 3.63) is 35.9 Å². The molecule has 2 fully saturated rings. The van der Waals surface area contributed by atoms with E-state index in [4.69, 9.17) is 0 Å². The average molecular weight is 245 g/mol. The standard InChI is InChI=1S/C15H23N3/c1-13-9-16-11-15(17-13)7-8-18(12-15)10-14-5-3-2-4-6-14/h2-6,13,16-17H,7-12H2,1H3. The van der Waals surface area contributed by atoms with E-state index < -0.39 is 0 Å². The summed E-state index contributed by atoms with van der Waals surface area (Å²) in [7, 11) is 0. The molecule has 2 aliphatic rings. The van der Waals surface area contributed by atoms with Crippen molar-refractivity contribution in [2.24, 2.45) is 0 Å². The molecule has 3 nitrogen and oxygen atoms in total. The Bertz CT molecular complexity index is 392. The van der Waals surface area contributed by atoms with Crippen molar-refractivity contribution in [3.63, 3.8) is 0 Å². The number of hydrogen-bond acceptors (Lipinski definition) is 3. The predicted octanol–water partition coefficient (Wildman–Crippen LogP) is 1.21. The number of nitrogens with one attached hydrogen (secondary N) is 2. The summed E-state index contributed by atoms with van der Waals surface area (Å²) in [5.41, 5.74) is 1.73. The van der Waals surface area contributed by atoms with Gasteiger partial charge < -0.3 is 10.6 Å². The molecule has 0 bridgehead atoms. The second kappa shape index (κ2) is 5.00. The predicted molar refractivity (Wildman–Crippen MR) is 74.5 cm³/mol. The van der Waals surface area contributed by atoms with E-state index in [0.717, 1.165) is 19.6 Å². The first kappa shape index (κ1) is 12.2. The monoisotopic (exact) mass is 245 g/mol. The molecule has 98 valence electrons. The van der Waals surface area contributed by atoms with E-state index in [1.54, 1.807) is 0 Å². The van der Waals surface area contributed by atoms with E-state index in [1.165, 1.54) is 25.1 Å². The van der Waals surface area contributed by atoms with Crippen molar-refractivity contribution < 1.29 is 0 Å². The Morgan fingerprint density at radius 3 is 2.94 bits per heavy atom. The third kappa shape index (κ3) is 2.58. The summed E-state index contributed by atoms with van der Waals surface area (Å²) in [5.74, 6) is 0. The second-order valence-electron chi connectivity index (χ2n) is 5.90. The third-order valence-corrected chi connectivity index (χ3v) is 4.15. The molecule has 0 amide bonds. The molecule has 2 N–H and O–H groups in total. The summed E-state index contributed by atoms with van der Waals surface area (Å²) in [5, 5.41) is 7.37. The van der Waals surface area contributed by atoms with Crippen LogP contribution in [0.3, 0.4) is 0 Å². The van der Waals surface area contributed by atoms with Crippen LogP contribution in [0.15, 0.2) is 30.3 Å². The van der Waals surface area contributed by atoms with Crippen LogP contribution in [0.1, 0.15) is 18.9 Å². The van der Waals surface area contributed by atoms with Gasteiger partial charge in [0.25, 0.3) is 0 Å². The Balaban J connectivity index is 1.61. The van der Waals surface area contributed by atoms with Crippen LogP contribution < -0.4 is 10.6 Å². The molecular weight excluding hydrogens is 222 g/mol. The Kier molecular flexibility index (Phi) is 3.37. The first-order valence-electron chi connectivity index (χ1n) is 7.00. The maximum absolute atomic E-state index is 3.80. The van der Waals surface area contributed by atoms with Gasteiger partial charge in [-0.2, -0.15) is 0 Å². The molecule has 3 rings (SSSR count). The van der Waals surface area contributed by atoms with Crippen molar-refractivity contribution in [2.45, 2.75) is 31.5 Å². The van der Waals surface area contributed by atoms with Gasteiger partial charge in [-0.1, -0.05) is 30.3 Å². The number of hydrogen-bond donors (Lipinski definition) is 2. The minimum Gasteiger partial charge on any atom is -0.313 e. The van der Waals surface area contributed by atoms with Crippen LogP contribution in [0.25, 0.3) is 0 Å². The van der Waals surface area contributed by atoms with Gasteiger partial charge in [-0.25, -0.2) is 0 Å². The quantitative estimate of drug-likeness (QED) is 0.820. The smallest absolute Gasteiger partial charge is 0.0449 e. The number of piperazine rings is 1. The van der Waals surface area contributed by atoms with Gasteiger partial charge in [0.15, 0.2) is 0 Å². The van der Waals surface area contributed by atoms with Crippen LogP contribution in [0.4, 0.5) is 0 Å².